The molecule has 5 heteroatoms. The van der Waals surface area contributed by atoms with Crippen LogP contribution in [0.25, 0.3) is 0 Å². The van der Waals surface area contributed by atoms with Crippen molar-refractivity contribution < 1.29 is 14.0 Å². The van der Waals surface area contributed by atoms with Crippen molar-refractivity contribution in [2.24, 2.45) is 0 Å². The lowest BCUT2D eigenvalue weighted by atomic mass is 10.1. The Bertz CT molecular complexity index is 649. The lowest BCUT2D eigenvalue weighted by Crippen LogP contribution is -2.38. The Balaban J connectivity index is 2.08. The summed E-state index contributed by atoms with van der Waals surface area (Å²) in [5.74, 6) is -0.0767. The number of carbonyl (C=O) groups excluding carboxylic acids is 2. The van der Waals surface area contributed by atoms with Crippen LogP contribution in [0.5, 0.6) is 0 Å². The van der Waals surface area contributed by atoms with Crippen molar-refractivity contribution in [1.29, 1.82) is 0 Å². The van der Waals surface area contributed by atoms with Gasteiger partial charge in [-0.25, -0.2) is 0 Å². The van der Waals surface area contributed by atoms with Gasteiger partial charge in [-0.15, -0.1) is 0 Å². The van der Waals surface area contributed by atoms with Crippen LogP contribution in [0.3, 0.4) is 0 Å². The maximum absolute atomic E-state index is 12.6. The molecule has 0 aliphatic carbocycles. The molecule has 102 valence electrons. The van der Waals surface area contributed by atoms with Crippen molar-refractivity contribution in [2.45, 2.75) is 19.4 Å². The van der Waals surface area contributed by atoms with Crippen LogP contribution in [0.2, 0.25) is 0 Å². The van der Waals surface area contributed by atoms with Gasteiger partial charge in [-0.2, -0.15) is 0 Å². The fourth-order valence-electron chi connectivity index (χ4n) is 2.42. The van der Waals surface area contributed by atoms with E-state index in [2.05, 4.69) is 5.32 Å². The van der Waals surface area contributed by atoms with Crippen molar-refractivity contribution in [2.75, 3.05) is 10.2 Å². The van der Waals surface area contributed by atoms with Crippen molar-refractivity contribution in [1.82, 2.24) is 0 Å². The van der Waals surface area contributed by atoms with E-state index >= 15 is 0 Å². The quantitative estimate of drug-likeness (QED) is 0.866. The lowest BCUT2D eigenvalue weighted by Gasteiger charge is -2.26. The standard InChI is InChI=1S/C15H14N2O3/c1-10-9-14(18)16-11-5-2-3-6-12(11)17(10)15(19)13-7-4-8-20-13/h2-8,10H,9H2,1H3,(H,16,18). The average molecular weight is 270 g/mol. The molecule has 5 nitrogen and oxygen atoms in total. The van der Waals surface area contributed by atoms with Gasteiger partial charge in [0.1, 0.15) is 0 Å². The lowest BCUT2D eigenvalue weighted by molar-refractivity contribution is -0.116. The fraction of sp³-hybridized carbons (Fsp3) is 0.200. The van der Waals surface area contributed by atoms with Gasteiger partial charge >= 0.3 is 0 Å². The Morgan fingerprint density at radius 2 is 2.10 bits per heavy atom. The third kappa shape index (κ3) is 2.07. The Morgan fingerprint density at radius 3 is 2.85 bits per heavy atom. The predicted molar refractivity (Wildman–Crippen MR) is 74.7 cm³/mol. The van der Waals surface area contributed by atoms with Crippen LogP contribution in [-0.2, 0) is 4.79 Å². The Labute approximate surface area is 116 Å². The van der Waals surface area contributed by atoms with Crippen LogP contribution in [0.1, 0.15) is 23.9 Å². The third-order valence-electron chi connectivity index (χ3n) is 3.31. The Kier molecular flexibility index (Phi) is 3.02. The molecule has 0 spiro atoms. The van der Waals surface area contributed by atoms with Gasteiger partial charge in [-0.1, -0.05) is 12.1 Å². The first-order valence-corrected chi connectivity index (χ1v) is 6.43. The molecule has 2 amide bonds. The molecule has 2 heterocycles. The first-order chi connectivity index (χ1) is 9.66. The normalized spacial score (nSPS) is 18.1. The first-order valence-electron chi connectivity index (χ1n) is 6.43. The molecule has 1 aliphatic heterocycles. The summed E-state index contributed by atoms with van der Waals surface area (Å²) in [5, 5.41) is 2.82. The number of furan rings is 1. The zero-order chi connectivity index (χ0) is 14.1. The number of nitrogens with one attached hydrogen (secondary N) is 1. The SMILES string of the molecule is CC1CC(=O)Nc2ccccc2N1C(=O)c1ccco1. The highest BCUT2D eigenvalue weighted by Gasteiger charge is 2.31. The topological polar surface area (TPSA) is 62.6 Å². The van der Waals surface area contributed by atoms with Gasteiger partial charge in [0.05, 0.1) is 17.6 Å². The summed E-state index contributed by atoms with van der Waals surface area (Å²) >= 11 is 0. The number of rotatable bonds is 1. The van der Waals surface area contributed by atoms with Gasteiger partial charge in [0.2, 0.25) is 5.91 Å². The molecule has 0 bridgehead atoms. The minimum atomic E-state index is -0.244. The van der Waals surface area contributed by atoms with Crippen molar-refractivity contribution in [3.05, 3.63) is 48.4 Å². The molecule has 1 N–H and O–H groups in total. The number of hydrogen-bond acceptors (Lipinski definition) is 3. The number of para-hydroxylation sites is 2. The van der Waals surface area contributed by atoms with E-state index in [0.29, 0.717) is 11.4 Å². The van der Waals surface area contributed by atoms with Gasteiger partial charge in [-0.3, -0.25) is 9.59 Å². The molecule has 3 rings (SSSR count). The molecule has 0 fully saturated rings. The van der Waals surface area contributed by atoms with Crippen LogP contribution < -0.4 is 10.2 Å². The van der Waals surface area contributed by atoms with E-state index in [0.717, 1.165) is 0 Å². The smallest absolute Gasteiger partial charge is 0.294 e. The summed E-state index contributed by atoms with van der Waals surface area (Å²) in [6, 6.07) is 10.3. The van der Waals surface area contributed by atoms with E-state index in [1.54, 1.807) is 23.1 Å². The molecular weight excluding hydrogens is 256 g/mol. The van der Waals surface area contributed by atoms with Crippen LogP contribution in [-0.4, -0.2) is 17.9 Å². The molecule has 1 aromatic carbocycles. The summed E-state index contributed by atoms with van der Waals surface area (Å²) in [6.07, 6.45) is 1.71. The van der Waals surface area contributed by atoms with Crippen molar-refractivity contribution in [3.8, 4) is 0 Å². The number of anilines is 2. The van der Waals surface area contributed by atoms with E-state index in [4.69, 9.17) is 4.42 Å². The van der Waals surface area contributed by atoms with Crippen LogP contribution >= 0.6 is 0 Å². The minimum absolute atomic E-state index is 0.0975. The van der Waals surface area contributed by atoms with E-state index in [1.165, 1.54) is 6.26 Å². The van der Waals surface area contributed by atoms with Gasteiger partial charge in [-0.05, 0) is 31.2 Å². The number of benzene rings is 1. The van der Waals surface area contributed by atoms with Crippen molar-refractivity contribution >= 4 is 23.2 Å². The predicted octanol–water partition coefficient (Wildman–Crippen LogP) is 2.66. The summed E-state index contributed by atoms with van der Waals surface area (Å²) in [5.41, 5.74) is 1.33. The second kappa shape index (κ2) is 4.85. The molecule has 1 atom stereocenters. The molecule has 2 aromatic rings. The maximum atomic E-state index is 12.6. The van der Waals surface area contributed by atoms with Crippen molar-refractivity contribution in [3.63, 3.8) is 0 Å². The van der Waals surface area contributed by atoms with Gasteiger partial charge < -0.3 is 14.6 Å². The number of fused-ring (bicyclic) bond motifs is 1. The van der Waals surface area contributed by atoms with E-state index in [-0.39, 0.29) is 30.0 Å². The second-order valence-corrected chi connectivity index (χ2v) is 4.77. The summed E-state index contributed by atoms with van der Waals surface area (Å²) in [7, 11) is 0. The van der Waals surface area contributed by atoms with Gasteiger partial charge in [0.25, 0.3) is 5.91 Å². The summed E-state index contributed by atoms with van der Waals surface area (Å²) in [6.45, 7) is 1.85. The van der Waals surface area contributed by atoms with E-state index in [1.807, 2.05) is 25.1 Å². The van der Waals surface area contributed by atoms with Crippen LogP contribution in [0.15, 0.2) is 47.1 Å². The zero-order valence-corrected chi connectivity index (χ0v) is 11.0. The van der Waals surface area contributed by atoms with E-state index < -0.39 is 0 Å². The average Bonchev–Trinajstić information content (AvgIpc) is 2.90. The fourth-order valence-corrected chi connectivity index (χ4v) is 2.42. The zero-order valence-electron chi connectivity index (χ0n) is 11.0. The number of amides is 2. The number of nitrogens with zero attached hydrogens (tertiary/aromatic N) is 1. The highest BCUT2D eigenvalue weighted by Crippen LogP contribution is 2.32. The highest BCUT2D eigenvalue weighted by molar-refractivity contribution is 6.09. The first kappa shape index (κ1) is 12.5. The molecule has 1 aliphatic rings. The monoisotopic (exact) mass is 270 g/mol. The Hall–Kier alpha value is -2.56. The second-order valence-electron chi connectivity index (χ2n) is 4.77. The Morgan fingerprint density at radius 1 is 1.30 bits per heavy atom. The molecule has 1 aromatic heterocycles. The number of carbonyl (C=O) groups is 2. The highest BCUT2D eigenvalue weighted by atomic mass is 16.3. The maximum Gasteiger partial charge on any atom is 0.294 e. The van der Waals surface area contributed by atoms with Gasteiger partial charge in [0.15, 0.2) is 5.76 Å². The molecule has 0 saturated carbocycles. The summed E-state index contributed by atoms with van der Waals surface area (Å²) in [4.78, 5) is 26.0. The molecule has 1 unspecified atom stereocenters. The van der Waals surface area contributed by atoms with Crippen LogP contribution in [0, 0.1) is 0 Å². The molecule has 0 radical (unpaired) electrons. The summed E-state index contributed by atoms with van der Waals surface area (Å²) < 4.78 is 5.18. The van der Waals surface area contributed by atoms with Gasteiger partial charge in [0, 0.05) is 12.5 Å². The molecule has 0 saturated heterocycles. The third-order valence-corrected chi connectivity index (χ3v) is 3.31. The van der Waals surface area contributed by atoms with E-state index in [9.17, 15) is 9.59 Å². The minimum Gasteiger partial charge on any atom is -0.459 e. The molecular formula is C15H14N2O3. The molecule has 20 heavy (non-hydrogen) atoms. The van der Waals surface area contributed by atoms with Crippen LogP contribution in [0.4, 0.5) is 11.4 Å². The number of hydrogen-bond donors (Lipinski definition) is 1. The largest absolute Gasteiger partial charge is 0.459 e.